The van der Waals surface area contributed by atoms with E-state index < -0.39 is 0 Å². The quantitative estimate of drug-likeness (QED) is 0.236. The van der Waals surface area contributed by atoms with E-state index in [1.54, 1.807) is 0 Å². The lowest BCUT2D eigenvalue weighted by molar-refractivity contribution is 0.179. The van der Waals surface area contributed by atoms with Crippen molar-refractivity contribution in [3.05, 3.63) is 6.92 Å². The first-order chi connectivity index (χ1) is 10.7. The van der Waals surface area contributed by atoms with Crippen LogP contribution in [0.25, 0.3) is 0 Å². The lowest BCUT2D eigenvalue weighted by atomic mass is 9.71. The Kier molecular flexibility index (Phi) is 15.9. The zero-order valence-corrected chi connectivity index (χ0v) is 16.2. The predicted molar refractivity (Wildman–Crippen MR) is 103 cm³/mol. The van der Waals surface area contributed by atoms with Crippen LogP contribution in [-0.4, -0.2) is 0 Å². The van der Waals surface area contributed by atoms with Gasteiger partial charge in [-0.3, -0.25) is 0 Å². The molecule has 0 bridgehead atoms. The van der Waals surface area contributed by atoms with Crippen LogP contribution in [0.5, 0.6) is 0 Å². The Morgan fingerprint density at radius 3 is 1.14 bits per heavy atom. The topological polar surface area (TPSA) is 0 Å². The van der Waals surface area contributed by atoms with E-state index in [2.05, 4.69) is 27.7 Å². The minimum Gasteiger partial charge on any atom is -0.0654 e. The van der Waals surface area contributed by atoms with Crippen LogP contribution in [0.4, 0.5) is 0 Å². The summed E-state index contributed by atoms with van der Waals surface area (Å²) >= 11 is 0. The predicted octanol–water partition coefficient (Wildman–Crippen LogP) is 8.50. The molecule has 0 saturated carbocycles. The first-order valence-corrected chi connectivity index (χ1v) is 10.5. The molecule has 0 rings (SSSR count). The van der Waals surface area contributed by atoms with Crippen molar-refractivity contribution in [1.82, 2.24) is 0 Å². The minimum atomic E-state index is 0.636. The van der Waals surface area contributed by atoms with E-state index in [1.807, 2.05) is 0 Å². The summed E-state index contributed by atoms with van der Waals surface area (Å²) in [4.78, 5) is 0. The number of hydrogen-bond acceptors (Lipinski definition) is 0. The first kappa shape index (κ1) is 22.0. The van der Waals surface area contributed by atoms with Crippen LogP contribution in [0.2, 0.25) is 0 Å². The average Bonchev–Trinajstić information content (AvgIpc) is 2.53. The summed E-state index contributed by atoms with van der Waals surface area (Å²) < 4.78 is 0. The van der Waals surface area contributed by atoms with Crippen molar-refractivity contribution in [1.29, 1.82) is 0 Å². The molecule has 0 aliphatic heterocycles. The van der Waals surface area contributed by atoms with Crippen molar-refractivity contribution in [2.75, 3.05) is 0 Å². The van der Waals surface area contributed by atoms with Crippen LogP contribution in [0, 0.1) is 12.3 Å². The second-order valence-corrected chi connectivity index (χ2v) is 7.54. The van der Waals surface area contributed by atoms with Crippen molar-refractivity contribution in [2.45, 2.75) is 130 Å². The van der Waals surface area contributed by atoms with E-state index in [-0.39, 0.29) is 0 Å². The Hall–Kier alpha value is 0. The molecule has 0 aromatic rings. The fraction of sp³-hybridized carbons (Fsp3) is 0.955. The van der Waals surface area contributed by atoms with Crippen molar-refractivity contribution in [3.8, 4) is 0 Å². The molecule has 0 spiro atoms. The molecule has 0 heteroatoms. The molecule has 133 valence electrons. The van der Waals surface area contributed by atoms with E-state index in [4.69, 9.17) is 0 Å². The molecule has 0 aromatic heterocycles. The summed E-state index contributed by atoms with van der Waals surface area (Å²) in [5.74, 6) is 0. The fourth-order valence-electron chi connectivity index (χ4n) is 3.91. The van der Waals surface area contributed by atoms with E-state index in [0.717, 1.165) is 6.42 Å². The fourth-order valence-corrected chi connectivity index (χ4v) is 3.91. The van der Waals surface area contributed by atoms with Crippen LogP contribution in [0.1, 0.15) is 130 Å². The third kappa shape index (κ3) is 11.6. The normalized spacial score (nSPS) is 12.0. The van der Waals surface area contributed by atoms with E-state index >= 15 is 0 Å². The van der Waals surface area contributed by atoms with Gasteiger partial charge in [-0.1, -0.05) is 111 Å². The maximum atomic E-state index is 4.20. The Bertz CT molecular complexity index is 175. The molecule has 0 unspecified atom stereocenters. The molecular formula is C22H45. The average molecular weight is 310 g/mol. The first-order valence-electron chi connectivity index (χ1n) is 10.5. The molecule has 0 fully saturated rings. The summed E-state index contributed by atoms with van der Waals surface area (Å²) in [5, 5.41) is 0. The summed E-state index contributed by atoms with van der Waals surface area (Å²) in [5.41, 5.74) is 0.636. The van der Waals surface area contributed by atoms with Gasteiger partial charge in [-0.25, -0.2) is 0 Å². The van der Waals surface area contributed by atoms with Gasteiger partial charge in [0, 0.05) is 0 Å². The number of hydrogen-bond donors (Lipinski definition) is 0. The van der Waals surface area contributed by atoms with Gasteiger partial charge in [0.05, 0.1) is 0 Å². The maximum absolute atomic E-state index is 4.20. The molecule has 0 N–H and O–H groups in total. The van der Waals surface area contributed by atoms with Crippen LogP contribution in [0.3, 0.4) is 0 Å². The molecule has 0 amide bonds. The van der Waals surface area contributed by atoms with Gasteiger partial charge in [0.2, 0.25) is 0 Å². The second-order valence-electron chi connectivity index (χ2n) is 7.54. The molecule has 0 heterocycles. The molecule has 22 heavy (non-hydrogen) atoms. The smallest absolute Gasteiger partial charge is 0.0297 e. The molecule has 0 saturated heterocycles. The Morgan fingerprint density at radius 2 is 0.864 bits per heavy atom. The Morgan fingerprint density at radius 1 is 0.500 bits per heavy atom. The molecule has 0 atom stereocenters. The Balaban J connectivity index is 4.39. The SMILES string of the molecule is [CH2]CCC(CCCCCC)(CCCCCC)CCCCCC. The van der Waals surface area contributed by atoms with Crippen molar-refractivity contribution in [2.24, 2.45) is 5.41 Å². The van der Waals surface area contributed by atoms with Crippen LogP contribution in [-0.2, 0) is 0 Å². The van der Waals surface area contributed by atoms with Gasteiger partial charge >= 0.3 is 0 Å². The van der Waals surface area contributed by atoms with Crippen LogP contribution < -0.4 is 0 Å². The Labute approximate surface area is 142 Å². The summed E-state index contributed by atoms with van der Waals surface area (Å²) in [7, 11) is 0. The second kappa shape index (κ2) is 15.9. The standard InChI is InChI=1S/C22H45/c1-5-9-12-15-19-22(18-8-4,20-16-13-10-6-2)21-17-14-11-7-3/h4-21H2,1-3H3. The number of unbranched alkanes of at least 4 members (excludes halogenated alkanes) is 9. The highest BCUT2D eigenvalue weighted by molar-refractivity contribution is 4.80. The molecule has 0 aliphatic rings. The highest BCUT2D eigenvalue weighted by Crippen LogP contribution is 2.41. The lowest BCUT2D eigenvalue weighted by Gasteiger charge is -2.35. The summed E-state index contributed by atoms with van der Waals surface area (Å²) in [6.45, 7) is 11.2. The molecule has 1 radical (unpaired) electrons. The number of rotatable bonds is 17. The zero-order valence-electron chi connectivity index (χ0n) is 16.2. The summed E-state index contributed by atoms with van der Waals surface area (Å²) in [6, 6.07) is 0. The largest absolute Gasteiger partial charge is 0.0654 e. The molecule has 0 aliphatic carbocycles. The maximum Gasteiger partial charge on any atom is -0.0297 e. The summed E-state index contributed by atoms with van der Waals surface area (Å²) in [6.07, 6.45) is 24.0. The van der Waals surface area contributed by atoms with Gasteiger partial charge in [-0.05, 0) is 31.1 Å². The highest BCUT2D eigenvalue weighted by Gasteiger charge is 2.27. The third-order valence-electron chi connectivity index (χ3n) is 5.39. The van der Waals surface area contributed by atoms with Crippen molar-refractivity contribution in [3.63, 3.8) is 0 Å². The molecule has 0 nitrogen and oxygen atoms in total. The van der Waals surface area contributed by atoms with Gasteiger partial charge in [-0.2, -0.15) is 0 Å². The highest BCUT2D eigenvalue weighted by atomic mass is 14.3. The lowest BCUT2D eigenvalue weighted by Crippen LogP contribution is -2.21. The van der Waals surface area contributed by atoms with Crippen LogP contribution in [0.15, 0.2) is 0 Å². The van der Waals surface area contributed by atoms with Crippen molar-refractivity contribution >= 4 is 0 Å². The monoisotopic (exact) mass is 309 g/mol. The van der Waals surface area contributed by atoms with Gasteiger partial charge in [0.15, 0.2) is 0 Å². The van der Waals surface area contributed by atoms with E-state index in [9.17, 15) is 0 Å². The van der Waals surface area contributed by atoms with Crippen LogP contribution >= 0.6 is 0 Å². The van der Waals surface area contributed by atoms with Crippen molar-refractivity contribution < 1.29 is 0 Å². The van der Waals surface area contributed by atoms with E-state index in [1.165, 1.54) is 103 Å². The minimum absolute atomic E-state index is 0.636. The van der Waals surface area contributed by atoms with Gasteiger partial charge in [0.25, 0.3) is 0 Å². The zero-order chi connectivity index (χ0) is 16.5. The van der Waals surface area contributed by atoms with Gasteiger partial charge < -0.3 is 0 Å². The van der Waals surface area contributed by atoms with Gasteiger partial charge in [0.1, 0.15) is 0 Å². The third-order valence-corrected chi connectivity index (χ3v) is 5.39. The van der Waals surface area contributed by atoms with E-state index in [0.29, 0.717) is 5.41 Å². The molecular weight excluding hydrogens is 264 g/mol. The van der Waals surface area contributed by atoms with Gasteiger partial charge in [-0.15, -0.1) is 0 Å². The molecule has 0 aromatic carbocycles.